The van der Waals surface area contributed by atoms with Crippen LogP contribution in [0.5, 0.6) is 0 Å². The average molecular weight is 269 g/mol. The Kier molecular flexibility index (Phi) is 2.03. The van der Waals surface area contributed by atoms with Crippen molar-refractivity contribution >= 4 is 44.4 Å². The monoisotopic (exact) mass is 268 g/mol. The van der Waals surface area contributed by atoms with Crippen LogP contribution in [0.4, 0.5) is 0 Å². The lowest BCUT2D eigenvalue weighted by Gasteiger charge is -1.99. The summed E-state index contributed by atoms with van der Waals surface area (Å²) in [6.45, 7) is 0. The van der Waals surface area contributed by atoms with Gasteiger partial charge in [-0.15, -0.1) is 0 Å². The zero-order valence-corrected chi connectivity index (χ0v) is 10.6. The van der Waals surface area contributed by atoms with E-state index in [0.717, 1.165) is 22.1 Å². The first kappa shape index (κ1) is 10.6. The van der Waals surface area contributed by atoms with E-state index >= 15 is 0 Å². The highest BCUT2D eigenvalue weighted by molar-refractivity contribution is 6.31. The second-order valence-electron chi connectivity index (χ2n) is 4.56. The number of nitrogens with one attached hydrogen (secondary N) is 2. The highest BCUT2D eigenvalue weighted by Gasteiger charge is 2.11. The lowest BCUT2D eigenvalue weighted by atomic mass is 10.1. The summed E-state index contributed by atoms with van der Waals surface area (Å²) in [5.41, 5.74) is 2.46. The number of aromatic amines is 2. The van der Waals surface area contributed by atoms with Gasteiger partial charge >= 0.3 is 0 Å². The fourth-order valence-electron chi connectivity index (χ4n) is 2.56. The molecule has 2 N–H and O–H groups in total. The molecular formula is C15H9ClN2O. The van der Waals surface area contributed by atoms with Crippen molar-refractivity contribution in [3.63, 3.8) is 0 Å². The van der Waals surface area contributed by atoms with Crippen molar-refractivity contribution in [3.8, 4) is 0 Å². The standard InChI is InChI=1S/C15H9ClN2O/c16-8-5-6-10-12(7-8)18-15-13(14(10)19)9-3-1-2-4-11(9)17-15/h1-7H,(H2,17,18,19). The molecule has 0 saturated heterocycles. The summed E-state index contributed by atoms with van der Waals surface area (Å²) in [6, 6.07) is 13.0. The first-order valence-corrected chi connectivity index (χ1v) is 6.34. The fourth-order valence-corrected chi connectivity index (χ4v) is 2.73. The molecule has 19 heavy (non-hydrogen) atoms. The van der Waals surface area contributed by atoms with Crippen molar-refractivity contribution in [2.75, 3.05) is 0 Å². The maximum absolute atomic E-state index is 12.6. The number of pyridine rings is 1. The minimum absolute atomic E-state index is 0.0258. The quantitative estimate of drug-likeness (QED) is 0.500. The van der Waals surface area contributed by atoms with Gasteiger partial charge in [-0.2, -0.15) is 0 Å². The molecule has 0 saturated carbocycles. The Balaban J connectivity index is 2.34. The number of rotatable bonds is 0. The zero-order chi connectivity index (χ0) is 13.0. The molecule has 2 heterocycles. The highest BCUT2D eigenvalue weighted by Crippen LogP contribution is 2.24. The second kappa shape index (κ2) is 3.62. The molecule has 0 aliphatic rings. The van der Waals surface area contributed by atoms with Crippen LogP contribution in [0, 0.1) is 0 Å². The zero-order valence-electron chi connectivity index (χ0n) is 9.83. The summed E-state index contributed by atoms with van der Waals surface area (Å²) < 4.78 is 0. The molecule has 92 valence electrons. The van der Waals surface area contributed by atoms with E-state index in [9.17, 15) is 4.79 Å². The van der Waals surface area contributed by atoms with Crippen molar-refractivity contribution in [2.45, 2.75) is 0 Å². The maximum Gasteiger partial charge on any atom is 0.199 e. The second-order valence-corrected chi connectivity index (χ2v) is 5.00. The summed E-state index contributed by atoms with van der Waals surface area (Å²) in [5, 5.41) is 2.90. The molecule has 4 heteroatoms. The Labute approximate surface area is 112 Å². The van der Waals surface area contributed by atoms with Crippen molar-refractivity contribution in [1.82, 2.24) is 9.97 Å². The Morgan fingerprint density at radius 2 is 1.68 bits per heavy atom. The van der Waals surface area contributed by atoms with Gasteiger partial charge in [0.05, 0.1) is 10.9 Å². The van der Waals surface area contributed by atoms with Gasteiger partial charge in [-0.3, -0.25) is 4.79 Å². The Morgan fingerprint density at radius 3 is 2.58 bits per heavy atom. The van der Waals surface area contributed by atoms with Gasteiger partial charge in [0.2, 0.25) is 0 Å². The average Bonchev–Trinajstić information content (AvgIpc) is 2.76. The summed E-state index contributed by atoms with van der Waals surface area (Å²) in [7, 11) is 0. The number of fused-ring (bicyclic) bond motifs is 4. The van der Waals surface area contributed by atoms with Crippen molar-refractivity contribution in [1.29, 1.82) is 0 Å². The summed E-state index contributed by atoms with van der Waals surface area (Å²) >= 11 is 5.97. The van der Waals surface area contributed by atoms with Crippen LogP contribution in [0.15, 0.2) is 47.3 Å². The van der Waals surface area contributed by atoms with E-state index in [1.54, 1.807) is 18.2 Å². The molecule has 4 aromatic rings. The Morgan fingerprint density at radius 1 is 0.895 bits per heavy atom. The SMILES string of the molecule is O=c1c2ccc(Cl)cc2[nH]c2[nH]c3ccccc3c12. The van der Waals surface area contributed by atoms with Crippen molar-refractivity contribution < 1.29 is 0 Å². The number of H-pyrrole nitrogens is 2. The van der Waals surface area contributed by atoms with Gasteiger partial charge < -0.3 is 9.97 Å². The fraction of sp³-hybridized carbons (Fsp3) is 0. The lowest BCUT2D eigenvalue weighted by molar-refractivity contribution is 1.40. The van der Waals surface area contributed by atoms with Crippen molar-refractivity contribution in [3.05, 3.63) is 57.7 Å². The first-order valence-electron chi connectivity index (χ1n) is 5.96. The first-order chi connectivity index (χ1) is 9.24. The molecular weight excluding hydrogens is 260 g/mol. The van der Waals surface area contributed by atoms with Gasteiger partial charge in [-0.05, 0) is 24.3 Å². The predicted octanol–water partition coefficient (Wildman–Crippen LogP) is 3.82. The molecule has 0 radical (unpaired) electrons. The van der Waals surface area contributed by atoms with Crippen LogP contribution in [0.1, 0.15) is 0 Å². The van der Waals surface area contributed by atoms with E-state index in [0.29, 0.717) is 15.8 Å². The van der Waals surface area contributed by atoms with Gasteiger partial charge in [0.15, 0.2) is 5.43 Å². The van der Waals surface area contributed by atoms with E-state index in [-0.39, 0.29) is 5.43 Å². The smallest absolute Gasteiger partial charge is 0.199 e. The lowest BCUT2D eigenvalue weighted by Crippen LogP contribution is -2.02. The van der Waals surface area contributed by atoms with Crippen LogP contribution in [-0.4, -0.2) is 9.97 Å². The number of hydrogen-bond acceptors (Lipinski definition) is 1. The summed E-state index contributed by atoms with van der Waals surface area (Å²) in [5.74, 6) is 0. The maximum atomic E-state index is 12.6. The number of hydrogen-bond donors (Lipinski definition) is 2. The number of aromatic nitrogens is 2. The normalized spacial score (nSPS) is 11.6. The molecule has 0 atom stereocenters. The summed E-state index contributed by atoms with van der Waals surface area (Å²) in [6.07, 6.45) is 0. The predicted molar refractivity (Wildman–Crippen MR) is 78.9 cm³/mol. The van der Waals surface area contributed by atoms with E-state index in [4.69, 9.17) is 11.6 Å². The van der Waals surface area contributed by atoms with Gasteiger partial charge in [-0.25, -0.2) is 0 Å². The molecule has 3 nitrogen and oxygen atoms in total. The molecule has 0 bridgehead atoms. The molecule has 4 rings (SSSR count). The van der Waals surface area contributed by atoms with Crippen LogP contribution in [0.2, 0.25) is 5.02 Å². The molecule has 0 aliphatic carbocycles. The van der Waals surface area contributed by atoms with E-state index in [1.807, 2.05) is 24.3 Å². The third-order valence-electron chi connectivity index (χ3n) is 3.42. The van der Waals surface area contributed by atoms with E-state index < -0.39 is 0 Å². The van der Waals surface area contributed by atoms with E-state index in [2.05, 4.69) is 9.97 Å². The topological polar surface area (TPSA) is 48.6 Å². The van der Waals surface area contributed by atoms with Crippen molar-refractivity contribution in [2.24, 2.45) is 0 Å². The van der Waals surface area contributed by atoms with Crippen LogP contribution in [0.3, 0.4) is 0 Å². The van der Waals surface area contributed by atoms with Gasteiger partial charge in [0.1, 0.15) is 5.65 Å². The Bertz CT molecular complexity index is 997. The number of benzene rings is 2. The minimum atomic E-state index is 0.0258. The minimum Gasteiger partial charge on any atom is -0.341 e. The Hall–Kier alpha value is -2.26. The molecule has 0 aliphatic heterocycles. The van der Waals surface area contributed by atoms with Crippen LogP contribution >= 0.6 is 11.6 Å². The molecule has 0 spiro atoms. The molecule has 2 aromatic heterocycles. The number of para-hydroxylation sites is 1. The third kappa shape index (κ3) is 1.42. The summed E-state index contributed by atoms with van der Waals surface area (Å²) in [4.78, 5) is 19.1. The van der Waals surface area contributed by atoms with Gasteiger partial charge in [0.25, 0.3) is 0 Å². The molecule has 0 unspecified atom stereocenters. The molecule has 2 aromatic carbocycles. The van der Waals surface area contributed by atoms with Gasteiger partial charge in [0, 0.05) is 21.3 Å². The van der Waals surface area contributed by atoms with Gasteiger partial charge in [-0.1, -0.05) is 29.8 Å². The van der Waals surface area contributed by atoms with Crippen LogP contribution < -0.4 is 5.43 Å². The largest absolute Gasteiger partial charge is 0.341 e. The van der Waals surface area contributed by atoms with Crippen LogP contribution in [-0.2, 0) is 0 Å². The molecule has 0 amide bonds. The highest BCUT2D eigenvalue weighted by atomic mass is 35.5. The molecule has 0 fully saturated rings. The number of halogens is 1. The van der Waals surface area contributed by atoms with E-state index in [1.165, 1.54) is 0 Å². The third-order valence-corrected chi connectivity index (χ3v) is 3.65. The van der Waals surface area contributed by atoms with Crippen LogP contribution in [0.25, 0.3) is 32.8 Å².